The summed E-state index contributed by atoms with van der Waals surface area (Å²) in [6, 6.07) is 35.4. The molecular weight excluding hydrogens is 482 g/mol. The summed E-state index contributed by atoms with van der Waals surface area (Å²) in [7, 11) is 0. The number of rotatable bonds is 4. The predicted octanol–water partition coefficient (Wildman–Crippen LogP) is 6.27. The van der Waals surface area contributed by atoms with E-state index in [9.17, 15) is 9.59 Å². The van der Waals surface area contributed by atoms with E-state index in [0.717, 1.165) is 22.1 Å². The Balaban J connectivity index is 1.52. The van der Waals surface area contributed by atoms with E-state index in [2.05, 4.69) is 5.10 Å². The van der Waals surface area contributed by atoms with Crippen LogP contribution in [0.15, 0.2) is 130 Å². The maximum atomic E-state index is 13.1. The third-order valence-corrected chi connectivity index (χ3v) is 6.65. The normalized spacial score (nSPS) is 18.3. The van der Waals surface area contributed by atoms with E-state index in [1.54, 1.807) is 24.3 Å². The largest absolute Gasteiger partial charge is 0.282 e. The summed E-state index contributed by atoms with van der Waals surface area (Å²) in [6.45, 7) is 0. The number of carbonyl (C=O) groups excluding carboxylic acids is 2. The Morgan fingerprint density at radius 2 is 1.05 bits per heavy atom. The molecule has 0 spiro atoms. The molecule has 0 aromatic heterocycles. The number of hydrazone groups is 1. The van der Waals surface area contributed by atoms with Gasteiger partial charge in [-0.1, -0.05) is 66.7 Å². The van der Waals surface area contributed by atoms with Gasteiger partial charge in [0.05, 0.1) is 22.5 Å². The molecule has 0 atom stereocenters. The van der Waals surface area contributed by atoms with Crippen LogP contribution in [-0.2, 0) is 0 Å². The molecule has 2 amide bonds. The van der Waals surface area contributed by atoms with Gasteiger partial charge in [-0.3, -0.25) is 14.5 Å². The summed E-state index contributed by atoms with van der Waals surface area (Å²) in [4.78, 5) is 37.8. The Labute approximate surface area is 217 Å². The molecule has 37 heavy (non-hydrogen) atoms. The molecule has 0 bridgehead atoms. The number of amidine groups is 2. The third-order valence-electron chi connectivity index (χ3n) is 5.73. The van der Waals surface area contributed by atoms with Crippen molar-refractivity contribution < 1.29 is 9.59 Å². The lowest BCUT2D eigenvalue weighted by molar-refractivity contribution is 0.0659. The van der Waals surface area contributed by atoms with Crippen LogP contribution < -0.4 is 4.90 Å². The van der Waals surface area contributed by atoms with Gasteiger partial charge in [0, 0.05) is 5.69 Å². The summed E-state index contributed by atoms with van der Waals surface area (Å²) < 4.78 is 0. The molecule has 4 aromatic rings. The van der Waals surface area contributed by atoms with Crippen molar-refractivity contribution in [2.45, 2.75) is 0 Å². The lowest BCUT2D eigenvalue weighted by atomic mass is 10.1. The predicted molar refractivity (Wildman–Crippen MR) is 148 cm³/mol. The Morgan fingerprint density at radius 3 is 1.62 bits per heavy atom. The fourth-order valence-corrected chi connectivity index (χ4v) is 4.96. The van der Waals surface area contributed by atoms with Crippen LogP contribution in [0, 0.1) is 0 Å². The lowest BCUT2D eigenvalue weighted by Gasteiger charge is -2.19. The molecule has 178 valence electrons. The van der Waals surface area contributed by atoms with Gasteiger partial charge in [0.15, 0.2) is 5.84 Å². The van der Waals surface area contributed by atoms with Crippen LogP contribution in [0.3, 0.4) is 0 Å². The highest BCUT2D eigenvalue weighted by Gasteiger charge is 2.40. The first-order chi connectivity index (χ1) is 18.2. The lowest BCUT2D eigenvalue weighted by Crippen LogP contribution is -2.34. The molecule has 0 unspecified atom stereocenters. The third kappa shape index (κ3) is 4.34. The highest BCUT2D eigenvalue weighted by atomic mass is 32.2. The molecule has 1 fully saturated rings. The average Bonchev–Trinajstić information content (AvgIpc) is 3.40. The SMILES string of the molecule is O=C1c2ccccc2C(=O)N1N=C1SC(=Nc2ccccc2)C(=Nc2ccccc2)N1c1ccccc1. The van der Waals surface area contributed by atoms with Crippen LogP contribution in [0.25, 0.3) is 0 Å². The van der Waals surface area contributed by atoms with E-state index in [0.29, 0.717) is 27.2 Å². The van der Waals surface area contributed by atoms with Crippen LogP contribution in [-0.4, -0.2) is 32.9 Å². The first-order valence-corrected chi connectivity index (χ1v) is 12.4. The fraction of sp³-hybridized carbons (Fsp3) is 0. The monoisotopic (exact) mass is 501 g/mol. The van der Waals surface area contributed by atoms with Crippen molar-refractivity contribution in [1.82, 2.24) is 5.01 Å². The summed E-state index contributed by atoms with van der Waals surface area (Å²) in [5.41, 5.74) is 2.94. The number of aliphatic imine (C=N–C) groups is 2. The topological polar surface area (TPSA) is 77.7 Å². The van der Waals surface area contributed by atoms with Gasteiger partial charge in [-0.05, 0) is 60.3 Å². The van der Waals surface area contributed by atoms with Gasteiger partial charge >= 0.3 is 0 Å². The van der Waals surface area contributed by atoms with Gasteiger partial charge in [0.1, 0.15) is 5.04 Å². The van der Waals surface area contributed by atoms with E-state index in [-0.39, 0.29) is 0 Å². The molecule has 2 aliphatic rings. The Bertz CT molecular complexity index is 1550. The Hall–Kier alpha value is -4.82. The second-order valence-corrected chi connectivity index (χ2v) is 9.10. The van der Waals surface area contributed by atoms with Crippen LogP contribution in [0.5, 0.6) is 0 Å². The summed E-state index contributed by atoms with van der Waals surface area (Å²) in [5.74, 6) is -0.380. The van der Waals surface area contributed by atoms with Crippen molar-refractivity contribution in [2.24, 2.45) is 15.1 Å². The highest BCUT2D eigenvalue weighted by molar-refractivity contribution is 8.29. The maximum absolute atomic E-state index is 13.1. The number of hydrogen-bond donors (Lipinski definition) is 0. The van der Waals surface area contributed by atoms with Crippen molar-refractivity contribution >= 4 is 56.7 Å². The van der Waals surface area contributed by atoms with Crippen molar-refractivity contribution in [3.05, 3.63) is 126 Å². The summed E-state index contributed by atoms with van der Waals surface area (Å²) in [6.07, 6.45) is 0. The van der Waals surface area contributed by atoms with Crippen LogP contribution >= 0.6 is 11.8 Å². The molecular formula is C29H19N5O2S. The van der Waals surface area contributed by atoms with Crippen molar-refractivity contribution in [2.75, 3.05) is 4.90 Å². The molecule has 0 aliphatic carbocycles. The first kappa shape index (κ1) is 22.6. The Morgan fingerprint density at radius 1 is 0.568 bits per heavy atom. The molecule has 1 saturated heterocycles. The van der Waals surface area contributed by atoms with Gasteiger partial charge in [0.25, 0.3) is 11.8 Å². The van der Waals surface area contributed by atoms with Crippen molar-refractivity contribution in [3.8, 4) is 0 Å². The summed E-state index contributed by atoms with van der Waals surface area (Å²) >= 11 is 1.25. The van der Waals surface area contributed by atoms with Crippen molar-refractivity contribution in [1.29, 1.82) is 0 Å². The van der Waals surface area contributed by atoms with E-state index >= 15 is 0 Å². The number of fused-ring (bicyclic) bond motifs is 1. The smallest absolute Gasteiger partial charge is 0.269 e. The second kappa shape index (κ2) is 9.67. The van der Waals surface area contributed by atoms with Crippen LogP contribution in [0.4, 0.5) is 17.1 Å². The quantitative estimate of drug-likeness (QED) is 0.309. The molecule has 7 nitrogen and oxygen atoms in total. The maximum Gasteiger partial charge on any atom is 0.282 e. The molecule has 6 rings (SSSR count). The number of amides is 2. The van der Waals surface area contributed by atoms with Gasteiger partial charge in [-0.25, -0.2) is 9.98 Å². The fourth-order valence-electron chi connectivity index (χ4n) is 4.01. The molecule has 2 aliphatic heterocycles. The number of nitrogens with zero attached hydrogens (tertiary/aromatic N) is 5. The number of imide groups is 1. The zero-order valence-electron chi connectivity index (χ0n) is 19.4. The number of para-hydroxylation sites is 3. The number of thioether (sulfide) groups is 1. The molecule has 2 heterocycles. The average molecular weight is 502 g/mol. The molecule has 8 heteroatoms. The van der Waals surface area contributed by atoms with Gasteiger partial charge in [-0.2, -0.15) is 5.01 Å². The van der Waals surface area contributed by atoms with Gasteiger partial charge in [-0.15, -0.1) is 5.10 Å². The van der Waals surface area contributed by atoms with Crippen LogP contribution in [0.2, 0.25) is 0 Å². The summed E-state index contributed by atoms with van der Waals surface area (Å²) in [5, 5.41) is 6.48. The minimum Gasteiger partial charge on any atom is -0.269 e. The Kier molecular flexibility index (Phi) is 5.92. The molecule has 0 saturated carbocycles. The van der Waals surface area contributed by atoms with E-state index in [1.807, 2.05) is 95.9 Å². The minimum absolute atomic E-state index is 0.336. The number of carbonyl (C=O) groups is 2. The van der Waals surface area contributed by atoms with E-state index in [1.165, 1.54) is 11.8 Å². The van der Waals surface area contributed by atoms with Gasteiger partial charge < -0.3 is 0 Å². The number of anilines is 1. The number of hydrogen-bond acceptors (Lipinski definition) is 6. The highest BCUT2D eigenvalue weighted by Crippen LogP contribution is 2.34. The first-order valence-electron chi connectivity index (χ1n) is 11.6. The van der Waals surface area contributed by atoms with Crippen molar-refractivity contribution in [3.63, 3.8) is 0 Å². The zero-order valence-corrected chi connectivity index (χ0v) is 20.2. The second-order valence-electron chi connectivity index (χ2n) is 8.15. The minimum atomic E-state index is -0.461. The number of benzene rings is 4. The van der Waals surface area contributed by atoms with E-state index < -0.39 is 11.8 Å². The van der Waals surface area contributed by atoms with Crippen LogP contribution in [0.1, 0.15) is 20.7 Å². The zero-order chi connectivity index (χ0) is 25.2. The molecule has 4 aromatic carbocycles. The molecule has 0 N–H and O–H groups in total. The molecule has 0 radical (unpaired) electrons. The van der Waals surface area contributed by atoms with Gasteiger partial charge in [0.2, 0.25) is 5.17 Å². The van der Waals surface area contributed by atoms with E-state index in [4.69, 9.17) is 9.98 Å². The standard InChI is InChI=1S/C29H19N5O2S/c35-27-23-18-10-11-19-24(23)28(36)34(27)32-29-33(22-16-8-3-9-17-22)25(30-20-12-4-1-5-13-20)26(37-29)31-21-14-6-2-7-15-21/h1-19H.